The third-order valence-corrected chi connectivity index (χ3v) is 6.55. The maximum Gasteiger partial charge on any atom is 0.320 e. The highest BCUT2D eigenvalue weighted by atomic mass is 16.5. The monoisotopic (exact) mass is 496 g/mol. The molecule has 2 atom stereocenters. The van der Waals surface area contributed by atoms with Crippen LogP contribution < -0.4 is 5.32 Å². The minimum atomic E-state index is -0.805. The van der Waals surface area contributed by atoms with E-state index < -0.39 is 12.0 Å². The molecule has 0 saturated carbocycles. The van der Waals surface area contributed by atoms with Crippen molar-refractivity contribution in [2.45, 2.75) is 58.7 Å². The van der Waals surface area contributed by atoms with Gasteiger partial charge in [-0.25, -0.2) is 0 Å². The second-order valence-electron chi connectivity index (χ2n) is 10.7. The number of carboxylic acids is 1. The highest BCUT2D eigenvalue weighted by molar-refractivity contribution is 5.72. The van der Waals surface area contributed by atoms with E-state index >= 15 is 0 Å². The minimum Gasteiger partial charge on any atom is -0.480 e. The van der Waals surface area contributed by atoms with Gasteiger partial charge in [0.15, 0.2) is 0 Å². The average molecular weight is 497 g/mol. The second-order valence-corrected chi connectivity index (χ2v) is 10.7. The Morgan fingerprint density at radius 1 is 0.944 bits per heavy atom. The lowest BCUT2D eigenvalue weighted by atomic mass is 10.1. The molecule has 2 aromatic rings. The van der Waals surface area contributed by atoms with Crippen molar-refractivity contribution in [1.82, 2.24) is 20.0 Å². The summed E-state index contributed by atoms with van der Waals surface area (Å²) < 4.78 is 6.63. The zero-order valence-electron chi connectivity index (χ0n) is 22.4. The van der Waals surface area contributed by atoms with Gasteiger partial charge in [-0.1, -0.05) is 60.7 Å². The number of hydrogen-bond acceptors (Lipinski definition) is 6. The first kappa shape index (κ1) is 28.3. The molecule has 3 rings (SSSR count). The maximum atomic E-state index is 11.9. The third-order valence-electron chi connectivity index (χ3n) is 6.55. The van der Waals surface area contributed by atoms with Crippen molar-refractivity contribution in [1.29, 1.82) is 0 Å². The van der Waals surface area contributed by atoms with Crippen LogP contribution in [0.25, 0.3) is 0 Å². The number of carboxylic acid groups (broad SMARTS) is 1. The molecule has 0 bridgehead atoms. The summed E-state index contributed by atoms with van der Waals surface area (Å²) in [6, 6.07) is 20.5. The summed E-state index contributed by atoms with van der Waals surface area (Å²) in [7, 11) is 0. The lowest BCUT2D eigenvalue weighted by molar-refractivity contribution is -0.157. The van der Waals surface area contributed by atoms with E-state index in [2.05, 4.69) is 90.5 Å². The molecule has 1 fully saturated rings. The molecule has 1 saturated heterocycles. The highest BCUT2D eigenvalue weighted by Gasteiger charge is 2.31. The van der Waals surface area contributed by atoms with E-state index in [1.165, 1.54) is 11.1 Å². The molecular formula is C29H44N4O3. The average Bonchev–Trinajstić information content (AvgIpc) is 2.84. The molecule has 7 nitrogen and oxygen atoms in total. The Bertz CT molecular complexity index is 904. The Balaban J connectivity index is 1.88. The van der Waals surface area contributed by atoms with Gasteiger partial charge in [-0.05, 0) is 38.8 Å². The number of carbonyl (C=O) groups is 1. The smallest absolute Gasteiger partial charge is 0.320 e. The zero-order valence-corrected chi connectivity index (χ0v) is 22.4. The van der Waals surface area contributed by atoms with Crippen LogP contribution in [0.2, 0.25) is 0 Å². The van der Waals surface area contributed by atoms with Gasteiger partial charge < -0.3 is 15.2 Å². The Morgan fingerprint density at radius 2 is 1.53 bits per heavy atom. The van der Waals surface area contributed by atoms with Crippen molar-refractivity contribution >= 4 is 5.97 Å². The standard InChI is InChI=1S/C29H44N4O3/c1-24(28(34)35)32-18-16-30-15-17-31(21-25-11-7-5-8-12-25)19-20-33(22-26-13-9-6-10-14-26)27(23-32)36-29(2,3)4/h5-14,24,27,30H,15-23H2,1-4H3,(H,34,35). The molecule has 2 N–H and O–H groups in total. The SMILES string of the molecule is CC(C(=O)O)N1CCNCCN(Cc2ccccc2)CCN(Cc2ccccc2)C(OC(C)(C)C)C1. The van der Waals surface area contributed by atoms with E-state index in [1.54, 1.807) is 6.92 Å². The van der Waals surface area contributed by atoms with Crippen LogP contribution in [0, 0.1) is 0 Å². The molecule has 0 amide bonds. The molecule has 0 aliphatic carbocycles. The molecule has 2 unspecified atom stereocenters. The molecule has 1 heterocycles. The van der Waals surface area contributed by atoms with Gasteiger partial charge in [0.2, 0.25) is 0 Å². The molecule has 0 radical (unpaired) electrons. The van der Waals surface area contributed by atoms with Crippen molar-refractivity contribution in [3.8, 4) is 0 Å². The van der Waals surface area contributed by atoms with Crippen LogP contribution in [-0.2, 0) is 22.6 Å². The van der Waals surface area contributed by atoms with Crippen LogP contribution in [0.1, 0.15) is 38.8 Å². The number of ether oxygens (including phenoxy) is 1. The normalized spacial score (nSPS) is 20.8. The number of rotatable bonds is 7. The molecule has 2 aromatic carbocycles. The summed E-state index contributed by atoms with van der Waals surface area (Å²) in [6.45, 7) is 15.0. The van der Waals surface area contributed by atoms with Crippen LogP contribution in [0.3, 0.4) is 0 Å². The Kier molecular flexibility index (Phi) is 10.9. The predicted molar refractivity (Wildman–Crippen MR) is 145 cm³/mol. The summed E-state index contributed by atoms with van der Waals surface area (Å²) in [5.74, 6) is -0.805. The van der Waals surface area contributed by atoms with Gasteiger partial charge in [-0.2, -0.15) is 0 Å². The van der Waals surface area contributed by atoms with Crippen molar-refractivity contribution in [2.75, 3.05) is 45.8 Å². The topological polar surface area (TPSA) is 68.3 Å². The zero-order chi connectivity index (χ0) is 26.0. The minimum absolute atomic E-state index is 0.245. The van der Waals surface area contributed by atoms with Gasteiger partial charge in [0, 0.05) is 58.9 Å². The lowest BCUT2D eigenvalue weighted by Crippen LogP contribution is -2.54. The quantitative estimate of drug-likeness (QED) is 0.608. The number of hydrogen-bond donors (Lipinski definition) is 2. The highest BCUT2D eigenvalue weighted by Crippen LogP contribution is 2.19. The van der Waals surface area contributed by atoms with E-state index in [0.717, 1.165) is 45.8 Å². The van der Waals surface area contributed by atoms with Crippen molar-refractivity contribution in [2.24, 2.45) is 0 Å². The summed E-state index contributed by atoms with van der Waals surface area (Å²) in [5, 5.41) is 13.3. The molecule has 198 valence electrons. The fourth-order valence-corrected chi connectivity index (χ4v) is 4.54. The van der Waals surface area contributed by atoms with E-state index in [9.17, 15) is 9.90 Å². The number of nitrogens with zero attached hydrogens (tertiary/aromatic N) is 3. The van der Waals surface area contributed by atoms with Gasteiger partial charge in [0.05, 0.1) is 5.60 Å². The second kappa shape index (κ2) is 13.9. The number of benzene rings is 2. The van der Waals surface area contributed by atoms with Crippen molar-refractivity contribution < 1.29 is 14.6 Å². The van der Waals surface area contributed by atoms with Gasteiger partial charge >= 0.3 is 5.97 Å². The van der Waals surface area contributed by atoms with Crippen LogP contribution >= 0.6 is 0 Å². The fourth-order valence-electron chi connectivity index (χ4n) is 4.54. The summed E-state index contributed by atoms with van der Waals surface area (Å²) >= 11 is 0. The first-order valence-corrected chi connectivity index (χ1v) is 13.1. The maximum absolute atomic E-state index is 11.9. The van der Waals surface area contributed by atoms with Crippen molar-refractivity contribution in [3.05, 3.63) is 71.8 Å². The molecule has 1 aliphatic heterocycles. The predicted octanol–water partition coefficient (Wildman–Crippen LogP) is 3.51. The largest absolute Gasteiger partial charge is 0.480 e. The Hall–Kier alpha value is -2.29. The molecular weight excluding hydrogens is 452 g/mol. The van der Waals surface area contributed by atoms with Crippen LogP contribution in [0.5, 0.6) is 0 Å². The molecule has 0 aromatic heterocycles. The van der Waals surface area contributed by atoms with Gasteiger partial charge in [-0.15, -0.1) is 0 Å². The Morgan fingerprint density at radius 3 is 2.11 bits per heavy atom. The van der Waals surface area contributed by atoms with Gasteiger partial charge in [0.1, 0.15) is 12.3 Å². The van der Waals surface area contributed by atoms with Gasteiger partial charge in [-0.3, -0.25) is 19.5 Å². The lowest BCUT2D eigenvalue weighted by Gasteiger charge is -2.41. The van der Waals surface area contributed by atoms with Gasteiger partial charge in [0.25, 0.3) is 0 Å². The fraction of sp³-hybridized carbons (Fsp3) is 0.552. The van der Waals surface area contributed by atoms with E-state index in [-0.39, 0.29) is 11.8 Å². The summed E-state index contributed by atoms with van der Waals surface area (Å²) in [5.41, 5.74) is 2.17. The number of nitrogens with one attached hydrogen (secondary N) is 1. The first-order chi connectivity index (χ1) is 17.2. The van der Waals surface area contributed by atoms with Crippen LogP contribution in [-0.4, -0.2) is 89.5 Å². The summed E-state index contributed by atoms with van der Waals surface area (Å²) in [6.07, 6.45) is -0.245. The van der Waals surface area contributed by atoms with Crippen LogP contribution in [0.4, 0.5) is 0 Å². The molecule has 7 heteroatoms. The van der Waals surface area contributed by atoms with E-state index in [1.807, 2.05) is 11.0 Å². The third kappa shape index (κ3) is 9.64. The molecule has 0 spiro atoms. The number of aliphatic carboxylic acids is 1. The van der Waals surface area contributed by atoms with E-state index in [0.29, 0.717) is 13.1 Å². The summed E-state index contributed by atoms with van der Waals surface area (Å²) in [4.78, 5) is 18.8. The van der Waals surface area contributed by atoms with Crippen LogP contribution in [0.15, 0.2) is 60.7 Å². The molecule has 36 heavy (non-hydrogen) atoms. The molecule has 1 aliphatic rings. The first-order valence-electron chi connectivity index (χ1n) is 13.1. The Labute approximate surface area is 217 Å². The van der Waals surface area contributed by atoms with E-state index in [4.69, 9.17) is 4.74 Å². The van der Waals surface area contributed by atoms with Crippen molar-refractivity contribution in [3.63, 3.8) is 0 Å².